The molecule has 2 aromatic heterocycles. The fourth-order valence-corrected chi connectivity index (χ4v) is 1.95. The van der Waals surface area contributed by atoms with Crippen LogP contribution in [0.25, 0.3) is 10.9 Å². The molecule has 0 aliphatic carbocycles. The van der Waals surface area contributed by atoms with Crippen LogP contribution in [0.4, 0.5) is 5.69 Å². The molecule has 16 heavy (non-hydrogen) atoms. The van der Waals surface area contributed by atoms with Gasteiger partial charge in [0.25, 0.3) is 0 Å². The van der Waals surface area contributed by atoms with E-state index in [0.29, 0.717) is 6.54 Å². The minimum atomic E-state index is 0.691. The minimum absolute atomic E-state index is 0.691. The molecule has 0 unspecified atom stereocenters. The largest absolute Gasteiger partial charge is 0.379 e. The van der Waals surface area contributed by atoms with E-state index >= 15 is 0 Å². The molecular weight excluding hydrogens is 222 g/mol. The number of hydrogen-bond donors (Lipinski definition) is 2. The summed E-state index contributed by atoms with van der Waals surface area (Å²) in [7, 11) is 0. The molecule has 3 aromatic rings. The van der Waals surface area contributed by atoms with Gasteiger partial charge in [0.2, 0.25) is 0 Å². The van der Waals surface area contributed by atoms with Gasteiger partial charge in [0.05, 0.1) is 24.0 Å². The fourth-order valence-electron chi connectivity index (χ4n) is 1.50. The van der Waals surface area contributed by atoms with Gasteiger partial charge in [0.1, 0.15) is 0 Å². The van der Waals surface area contributed by atoms with Crippen LogP contribution in [0.5, 0.6) is 0 Å². The van der Waals surface area contributed by atoms with Crippen molar-refractivity contribution in [2.45, 2.75) is 6.54 Å². The van der Waals surface area contributed by atoms with Gasteiger partial charge in [-0.05, 0) is 29.7 Å². The maximum atomic E-state index is 3.98. The fraction of sp³-hybridized carbons (Fsp3) is 0.100. The maximum absolute atomic E-state index is 3.98. The van der Waals surface area contributed by atoms with Crippen molar-refractivity contribution in [3.8, 4) is 0 Å². The molecule has 80 valence electrons. The number of benzene rings is 1. The van der Waals surface area contributed by atoms with Crippen molar-refractivity contribution >= 4 is 28.1 Å². The Labute approximate surface area is 95.7 Å². The molecule has 0 aliphatic heterocycles. The number of rotatable bonds is 3. The summed E-state index contributed by atoms with van der Waals surface area (Å²) >= 11 is 1.36. The molecule has 0 saturated heterocycles. The van der Waals surface area contributed by atoms with Gasteiger partial charge in [0.15, 0.2) is 0 Å². The summed E-state index contributed by atoms with van der Waals surface area (Å²) < 4.78 is 3.81. The molecule has 6 heteroatoms. The Bertz CT molecular complexity index is 586. The lowest BCUT2D eigenvalue weighted by Gasteiger charge is -2.03. The average molecular weight is 231 g/mol. The molecule has 0 bridgehead atoms. The third-order valence-electron chi connectivity index (χ3n) is 2.32. The molecule has 0 spiro atoms. The molecule has 3 rings (SSSR count). The molecule has 0 amide bonds. The van der Waals surface area contributed by atoms with Crippen molar-refractivity contribution < 1.29 is 0 Å². The lowest BCUT2D eigenvalue weighted by molar-refractivity contribution is 0.999. The molecule has 5 nitrogen and oxygen atoms in total. The third-order valence-corrected chi connectivity index (χ3v) is 2.87. The molecule has 0 fully saturated rings. The van der Waals surface area contributed by atoms with Gasteiger partial charge in [-0.15, -0.1) is 5.10 Å². The first-order valence-electron chi connectivity index (χ1n) is 4.85. The highest BCUT2D eigenvalue weighted by molar-refractivity contribution is 7.03. The van der Waals surface area contributed by atoms with Crippen molar-refractivity contribution in [2.24, 2.45) is 0 Å². The van der Waals surface area contributed by atoms with Crippen molar-refractivity contribution in [1.82, 2.24) is 19.8 Å². The highest BCUT2D eigenvalue weighted by Gasteiger charge is 1.99. The van der Waals surface area contributed by atoms with Crippen molar-refractivity contribution in [3.63, 3.8) is 0 Å². The van der Waals surface area contributed by atoms with Crippen LogP contribution < -0.4 is 5.32 Å². The summed E-state index contributed by atoms with van der Waals surface area (Å²) in [4.78, 5) is 0. The Morgan fingerprint density at radius 2 is 2.38 bits per heavy atom. The topological polar surface area (TPSA) is 66.5 Å². The van der Waals surface area contributed by atoms with Gasteiger partial charge in [-0.1, -0.05) is 4.49 Å². The first-order chi connectivity index (χ1) is 7.92. The number of hydrogen-bond acceptors (Lipinski definition) is 5. The average Bonchev–Trinajstić information content (AvgIpc) is 2.97. The van der Waals surface area contributed by atoms with E-state index in [0.717, 1.165) is 22.3 Å². The number of H-pyrrole nitrogens is 1. The van der Waals surface area contributed by atoms with Crippen LogP contribution >= 0.6 is 11.5 Å². The molecule has 0 atom stereocenters. The van der Waals surface area contributed by atoms with Crippen LogP contribution in [-0.2, 0) is 6.54 Å². The summed E-state index contributed by atoms with van der Waals surface area (Å²) in [6, 6.07) is 6.08. The van der Waals surface area contributed by atoms with E-state index in [9.17, 15) is 0 Å². The zero-order valence-corrected chi connectivity index (χ0v) is 9.16. The Kier molecular flexibility index (Phi) is 2.26. The lowest BCUT2D eigenvalue weighted by Crippen LogP contribution is -1.99. The Balaban J connectivity index is 1.78. The number of fused-ring (bicyclic) bond motifs is 1. The lowest BCUT2D eigenvalue weighted by atomic mass is 10.2. The number of nitrogens with zero attached hydrogens (tertiary/aromatic N) is 3. The van der Waals surface area contributed by atoms with Crippen LogP contribution in [0, 0.1) is 0 Å². The number of nitrogens with one attached hydrogen (secondary N) is 2. The maximum Gasteiger partial charge on any atom is 0.0946 e. The minimum Gasteiger partial charge on any atom is -0.379 e. The molecule has 2 heterocycles. The molecule has 1 aromatic carbocycles. The van der Waals surface area contributed by atoms with E-state index in [1.54, 1.807) is 0 Å². The van der Waals surface area contributed by atoms with E-state index in [4.69, 9.17) is 0 Å². The first-order valence-corrected chi connectivity index (χ1v) is 5.68. The highest BCUT2D eigenvalue weighted by atomic mass is 32.1. The van der Waals surface area contributed by atoms with E-state index in [2.05, 4.69) is 25.1 Å². The monoisotopic (exact) mass is 231 g/mol. The van der Waals surface area contributed by atoms with E-state index < -0.39 is 0 Å². The third kappa shape index (κ3) is 1.74. The van der Waals surface area contributed by atoms with Crippen LogP contribution in [-0.4, -0.2) is 19.8 Å². The van der Waals surface area contributed by atoms with Crippen LogP contribution in [0.3, 0.4) is 0 Å². The summed E-state index contributed by atoms with van der Waals surface area (Å²) in [5.74, 6) is 0. The number of aromatic nitrogens is 4. The zero-order valence-electron chi connectivity index (χ0n) is 8.34. The first kappa shape index (κ1) is 9.29. The molecule has 2 N–H and O–H groups in total. The normalized spacial score (nSPS) is 10.8. The Hall–Kier alpha value is -1.95. The second-order valence-electron chi connectivity index (χ2n) is 3.42. The van der Waals surface area contributed by atoms with Gasteiger partial charge < -0.3 is 5.32 Å². The summed E-state index contributed by atoms with van der Waals surface area (Å²) in [6.07, 6.45) is 1.81. The predicted octanol–water partition coefficient (Wildman–Crippen LogP) is 2.03. The molecule has 0 radical (unpaired) electrons. The summed E-state index contributed by atoms with van der Waals surface area (Å²) in [5, 5.41) is 17.2. The van der Waals surface area contributed by atoms with E-state index in [-0.39, 0.29) is 0 Å². The van der Waals surface area contributed by atoms with Gasteiger partial charge in [-0.25, -0.2) is 0 Å². The van der Waals surface area contributed by atoms with Crippen molar-refractivity contribution in [3.05, 3.63) is 35.5 Å². The van der Waals surface area contributed by atoms with Gasteiger partial charge in [-0.3, -0.25) is 5.10 Å². The summed E-state index contributed by atoms with van der Waals surface area (Å²) in [5.41, 5.74) is 3.03. The van der Waals surface area contributed by atoms with Crippen molar-refractivity contribution in [2.75, 3.05) is 5.32 Å². The van der Waals surface area contributed by atoms with Crippen LogP contribution in [0.15, 0.2) is 29.8 Å². The smallest absolute Gasteiger partial charge is 0.0946 e. The van der Waals surface area contributed by atoms with Gasteiger partial charge in [0, 0.05) is 16.5 Å². The zero-order chi connectivity index (χ0) is 10.8. The van der Waals surface area contributed by atoms with Crippen molar-refractivity contribution in [1.29, 1.82) is 0 Å². The highest BCUT2D eigenvalue weighted by Crippen LogP contribution is 2.16. The van der Waals surface area contributed by atoms with E-state index in [1.807, 2.05) is 29.8 Å². The number of anilines is 1. The van der Waals surface area contributed by atoms with E-state index in [1.165, 1.54) is 11.5 Å². The van der Waals surface area contributed by atoms with Crippen LogP contribution in [0.1, 0.15) is 5.69 Å². The molecule has 0 aliphatic rings. The standard InChI is InChI=1S/C10H9N5S/c1-2-8(3-10-7(1)4-12-14-10)11-5-9-6-16-15-13-9/h1-4,6,11H,5H2,(H,12,14). The Morgan fingerprint density at radius 1 is 1.38 bits per heavy atom. The Morgan fingerprint density at radius 3 is 3.25 bits per heavy atom. The number of aromatic amines is 1. The second-order valence-corrected chi connectivity index (χ2v) is 4.03. The molecular formula is C10H9N5S. The van der Waals surface area contributed by atoms with Gasteiger partial charge in [-0.2, -0.15) is 5.10 Å². The molecule has 0 saturated carbocycles. The quantitative estimate of drug-likeness (QED) is 0.723. The van der Waals surface area contributed by atoms with Crippen LogP contribution in [0.2, 0.25) is 0 Å². The van der Waals surface area contributed by atoms with Gasteiger partial charge >= 0.3 is 0 Å². The summed E-state index contributed by atoms with van der Waals surface area (Å²) in [6.45, 7) is 0.691. The SMILES string of the molecule is c1cc2cn[nH]c2cc1NCc1csnn1. The second kappa shape index (κ2) is 3.90. The predicted molar refractivity (Wildman–Crippen MR) is 63.3 cm³/mol.